The van der Waals surface area contributed by atoms with Crippen LogP contribution in [0.15, 0.2) is 60.7 Å². The molecule has 0 heterocycles. The molecule has 0 saturated heterocycles. The Bertz CT molecular complexity index is 1260. The predicted molar refractivity (Wildman–Crippen MR) is 125 cm³/mol. The summed E-state index contributed by atoms with van der Waals surface area (Å²) in [6, 6.07) is 16.5. The molecule has 0 saturated carbocycles. The number of carboxylic acids is 1. The van der Waals surface area contributed by atoms with Gasteiger partial charge in [0.15, 0.2) is 5.75 Å². The van der Waals surface area contributed by atoms with Gasteiger partial charge in [-0.15, -0.1) is 0 Å². The summed E-state index contributed by atoms with van der Waals surface area (Å²) < 4.78 is 10.3. The lowest BCUT2D eigenvalue weighted by Crippen LogP contribution is -2.42. The van der Waals surface area contributed by atoms with Gasteiger partial charge in [-0.2, -0.15) is 0 Å². The van der Waals surface area contributed by atoms with E-state index in [9.17, 15) is 29.9 Å². The largest absolute Gasteiger partial charge is 0.500 e. The zero-order valence-corrected chi connectivity index (χ0v) is 18.6. The minimum atomic E-state index is -1.43. The molecular formula is C25H22N2O8. The van der Waals surface area contributed by atoms with Crippen LogP contribution >= 0.6 is 0 Å². The molecule has 1 amide bonds. The van der Waals surface area contributed by atoms with Gasteiger partial charge in [0.05, 0.1) is 12.0 Å². The van der Waals surface area contributed by atoms with E-state index in [1.165, 1.54) is 13.2 Å². The van der Waals surface area contributed by atoms with E-state index >= 15 is 0 Å². The molecule has 1 aliphatic rings. The maximum atomic E-state index is 12.5. The van der Waals surface area contributed by atoms with Crippen LogP contribution in [0.5, 0.6) is 11.5 Å². The van der Waals surface area contributed by atoms with Crippen molar-refractivity contribution >= 4 is 17.7 Å². The van der Waals surface area contributed by atoms with Gasteiger partial charge in [-0.25, -0.2) is 9.59 Å². The van der Waals surface area contributed by atoms with Crippen molar-refractivity contribution in [1.29, 1.82) is 0 Å². The fourth-order valence-corrected chi connectivity index (χ4v) is 4.28. The van der Waals surface area contributed by atoms with Crippen molar-refractivity contribution < 1.29 is 34.2 Å². The molecule has 0 bridgehead atoms. The summed E-state index contributed by atoms with van der Waals surface area (Å²) in [6.45, 7) is 0.00467. The Hall–Kier alpha value is -4.60. The van der Waals surface area contributed by atoms with Crippen molar-refractivity contribution in [3.63, 3.8) is 0 Å². The normalized spacial score (nSPS) is 12.8. The number of nitrogens with one attached hydrogen (secondary N) is 1. The van der Waals surface area contributed by atoms with E-state index in [0.717, 1.165) is 28.3 Å². The molecule has 10 nitrogen and oxygen atoms in total. The van der Waals surface area contributed by atoms with Gasteiger partial charge in [-0.1, -0.05) is 48.5 Å². The Morgan fingerprint density at radius 2 is 1.69 bits per heavy atom. The number of ether oxygens (including phenoxy) is 2. The number of amides is 1. The lowest BCUT2D eigenvalue weighted by molar-refractivity contribution is -0.386. The number of phenolic OH excluding ortho intramolecular Hbond substituents is 1. The van der Waals surface area contributed by atoms with E-state index in [2.05, 4.69) is 5.32 Å². The molecular weight excluding hydrogens is 456 g/mol. The van der Waals surface area contributed by atoms with Crippen LogP contribution in [0.4, 0.5) is 10.5 Å². The average molecular weight is 478 g/mol. The van der Waals surface area contributed by atoms with Crippen molar-refractivity contribution in [2.24, 2.45) is 0 Å². The van der Waals surface area contributed by atoms with E-state index in [-0.39, 0.29) is 30.3 Å². The number of benzene rings is 3. The zero-order chi connectivity index (χ0) is 25.1. The number of nitrogens with zero attached hydrogens (tertiary/aromatic N) is 1. The lowest BCUT2D eigenvalue weighted by Gasteiger charge is -2.18. The quantitative estimate of drug-likeness (QED) is 0.327. The summed E-state index contributed by atoms with van der Waals surface area (Å²) in [5.74, 6) is -2.40. The fourth-order valence-electron chi connectivity index (χ4n) is 4.28. The van der Waals surface area contributed by atoms with Crippen LogP contribution in [0.3, 0.4) is 0 Å². The number of nitro groups is 1. The summed E-state index contributed by atoms with van der Waals surface area (Å²) in [6.07, 6.45) is -1.23. The highest BCUT2D eigenvalue weighted by Gasteiger charge is 2.30. The van der Waals surface area contributed by atoms with E-state index in [0.29, 0.717) is 0 Å². The molecule has 0 aliphatic heterocycles. The van der Waals surface area contributed by atoms with E-state index in [1.807, 2.05) is 48.5 Å². The third-order valence-corrected chi connectivity index (χ3v) is 5.90. The number of aliphatic carboxylic acids is 1. The third-order valence-electron chi connectivity index (χ3n) is 5.90. The number of rotatable bonds is 8. The number of hydrogen-bond acceptors (Lipinski definition) is 7. The van der Waals surface area contributed by atoms with Crippen molar-refractivity contribution in [2.45, 2.75) is 18.4 Å². The van der Waals surface area contributed by atoms with Crippen LogP contribution < -0.4 is 10.1 Å². The molecule has 3 aromatic carbocycles. The van der Waals surface area contributed by atoms with Crippen LogP contribution in [0, 0.1) is 10.1 Å². The Labute approximate surface area is 199 Å². The van der Waals surface area contributed by atoms with Gasteiger partial charge < -0.3 is 25.0 Å². The molecule has 3 N–H and O–H groups in total. The molecule has 35 heavy (non-hydrogen) atoms. The molecule has 180 valence electrons. The first-order valence-corrected chi connectivity index (χ1v) is 10.7. The Morgan fingerprint density at radius 3 is 2.23 bits per heavy atom. The monoisotopic (exact) mass is 478 g/mol. The van der Waals surface area contributed by atoms with Gasteiger partial charge in [0.1, 0.15) is 12.6 Å². The Kier molecular flexibility index (Phi) is 6.54. The molecule has 0 aromatic heterocycles. The summed E-state index contributed by atoms with van der Waals surface area (Å²) >= 11 is 0. The summed E-state index contributed by atoms with van der Waals surface area (Å²) in [4.78, 5) is 34.7. The van der Waals surface area contributed by atoms with Crippen molar-refractivity contribution in [3.8, 4) is 22.6 Å². The third kappa shape index (κ3) is 4.72. The number of phenols is 1. The first kappa shape index (κ1) is 23.6. The van der Waals surface area contributed by atoms with E-state index < -0.39 is 34.5 Å². The van der Waals surface area contributed by atoms with E-state index in [1.54, 1.807) is 0 Å². The second kappa shape index (κ2) is 9.72. The number of nitro benzene ring substituents is 1. The number of aromatic hydroxyl groups is 1. The SMILES string of the molecule is COc1cc(CC(NC(=O)OCC2c3ccccc3-c3ccccc32)C(=O)O)cc([N+](=O)[O-])c1O. The molecule has 1 atom stereocenters. The smallest absolute Gasteiger partial charge is 0.407 e. The van der Waals surface area contributed by atoms with Crippen LogP contribution in [0.25, 0.3) is 11.1 Å². The van der Waals surface area contributed by atoms with Gasteiger partial charge in [-0.3, -0.25) is 10.1 Å². The Morgan fingerprint density at radius 1 is 1.09 bits per heavy atom. The van der Waals surface area contributed by atoms with Crippen LogP contribution in [-0.4, -0.2) is 47.0 Å². The zero-order valence-electron chi connectivity index (χ0n) is 18.6. The number of carbonyl (C=O) groups is 2. The molecule has 3 aromatic rings. The average Bonchev–Trinajstić information content (AvgIpc) is 3.16. The lowest BCUT2D eigenvalue weighted by atomic mass is 9.98. The molecule has 0 spiro atoms. The van der Waals surface area contributed by atoms with Gasteiger partial charge in [0, 0.05) is 18.4 Å². The van der Waals surface area contributed by atoms with Crippen molar-refractivity contribution in [1.82, 2.24) is 5.32 Å². The second-order valence-corrected chi connectivity index (χ2v) is 7.99. The number of carboxylic acid groups (broad SMARTS) is 1. The second-order valence-electron chi connectivity index (χ2n) is 7.99. The number of hydrogen-bond donors (Lipinski definition) is 3. The van der Waals surface area contributed by atoms with Gasteiger partial charge in [0.25, 0.3) is 0 Å². The topological polar surface area (TPSA) is 148 Å². The number of methoxy groups -OCH3 is 1. The highest BCUT2D eigenvalue weighted by Crippen LogP contribution is 2.44. The molecule has 4 rings (SSSR count). The minimum absolute atomic E-state index is 0.00467. The van der Waals surface area contributed by atoms with Crippen LogP contribution in [0.1, 0.15) is 22.6 Å². The van der Waals surface area contributed by atoms with Crippen LogP contribution in [0.2, 0.25) is 0 Å². The Balaban J connectivity index is 1.47. The maximum Gasteiger partial charge on any atom is 0.407 e. The summed E-state index contributed by atoms with van der Waals surface area (Å²) in [5.41, 5.74) is 3.69. The summed E-state index contributed by atoms with van der Waals surface area (Å²) in [5, 5.41) is 33.0. The number of alkyl carbamates (subject to hydrolysis) is 1. The first-order valence-electron chi connectivity index (χ1n) is 10.7. The first-order chi connectivity index (χ1) is 16.8. The van der Waals surface area contributed by atoms with Crippen LogP contribution in [-0.2, 0) is 16.0 Å². The van der Waals surface area contributed by atoms with Gasteiger partial charge in [0.2, 0.25) is 5.75 Å². The maximum absolute atomic E-state index is 12.5. The molecule has 0 radical (unpaired) electrons. The van der Waals surface area contributed by atoms with Crippen molar-refractivity contribution in [2.75, 3.05) is 13.7 Å². The molecule has 10 heteroatoms. The highest BCUT2D eigenvalue weighted by molar-refractivity contribution is 5.81. The predicted octanol–water partition coefficient (Wildman–Crippen LogP) is 3.84. The minimum Gasteiger partial charge on any atom is -0.500 e. The molecule has 1 unspecified atom stereocenters. The molecule has 1 aliphatic carbocycles. The van der Waals surface area contributed by atoms with Gasteiger partial charge >= 0.3 is 17.7 Å². The number of fused-ring (bicyclic) bond motifs is 3. The fraction of sp³-hybridized carbons (Fsp3) is 0.200. The highest BCUT2D eigenvalue weighted by atomic mass is 16.6. The van der Waals surface area contributed by atoms with E-state index in [4.69, 9.17) is 9.47 Å². The van der Waals surface area contributed by atoms with Gasteiger partial charge in [-0.05, 0) is 33.9 Å². The van der Waals surface area contributed by atoms with Crippen molar-refractivity contribution in [3.05, 3.63) is 87.5 Å². The number of carbonyl (C=O) groups excluding carboxylic acids is 1. The summed E-state index contributed by atoms with van der Waals surface area (Å²) in [7, 11) is 1.21. The molecule has 0 fully saturated rings. The standard InChI is InChI=1S/C25H22N2O8/c1-34-22-12-14(11-21(23(22)28)27(32)33)10-20(24(29)30)26-25(31)35-13-19-17-8-4-2-6-15(17)16-7-3-5-9-18(16)19/h2-9,11-12,19-20,28H,10,13H2,1H3,(H,26,31)(H,29,30).